The maximum Gasteiger partial charge on any atom is 0.490 e. The van der Waals surface area contributed by atoms with Gasteiger partial charge in [0.05, 0.1) is 32.3 Å². The van der Waals surface area contributed by atoms with E-state index in [9.17, 15) is 26.3 Å². The fraction of sp³-hybridized carbons (Fsp3) is 0.542. The van der Waals surface area contributed by atoms with Gasteiger partial charge in [-0.3, -0.25) is 9.80 Å². The molecule has 0 aliphatic carbocycles. The molecule has 2 N–H and O–H groups in total. The number of benzene rings is 1. The van der Waals surface area contributed by atoms with E-state index in [1.165, 1.54) is 17.0 Å². The third-order valence-electron chi connectivity index (χ3n) is 6.07. The molecule has 1 fully saturated rings. The molecule has 1 aromatic heterocycles. The fourth-order valence-corrected chi connectivity index (χ4v) is 4.07. The Morgan fingerprint density at radius 1 is 1.05 bits per heavy atom. The molecule has 1 aromatic carbocycles. The number of nitrogens with zero attached hydrogens (tertiary/aromatic N) is 4. The molecule has 16 heteroatoms. The lowest BCUT2D eigenvalue weighted by Crippen LogP contribution is -2.50. The first-order chi connectivity index (χ1) is 18.6. The van der Waals surface area contributed by atoms with Gasteiger partial charge in [0.25, 0.3) is 0 Å². The van der Waals surface area contributed by atoms with Crippen LogP contribution in [-0.4, -0.2) is 99.9 Å². The minimum absolute atomic E-state index is 0.473. The third-order valence-corrected chi connectivity index (χ3v) is 6.07. The SMILES string of the molecule is COc1ccccc1CN1Cc2ncn(C)c2CC1CN1CCOCC1.O=C(O)C(F)(F)F.O=C(O)C(F)(F)F. The van der Waals surface area contributed by atoms with Gasteiger partial charge in [0.2, 0.25) is 0 Å². The van der Waals surface area contributed by atoms with Crippen molar-refractivity contribution in [3.8, 4) is 5.75 Å². The largest absolute Gasteiger partial charge is 0.496 e. The maximum absolute atomic E-state index is 10.6. The van der Waals surface area contributed by atoms with E-state index in [2.05, 4.69) is 38.5 Å². The van der Waals surface area contributed by atoms with Gasteiger partial charge in [-0.2, -0.15) is 26.3 Å². The van der Waals surface area contributed by atoms with E-state index in [0.717, 1.165) is 58.1 Å². The quantitative estimate of drug-likeness (QED) is 0.512. The van der Waals surface area contributed by atoms with Crippen LogP contribution >= 0.6 is 0 Å². The topological polar surface area (TPSA) is 117 Å². The molecule has 2 aliphatic rings. The predicted octanol–water partition coefficient (Wildman–Crippen LogP) is 2.95. The summed E-state index contributed by atoms with van der Waals surface area (Å²) in [5, 5.41) is 14.2. The van der Waals surface area contributed by atoms with Gasteiger partial charge >= 0.3 is 24.3 Å². The molecule has 10 nitrogen and oxygen atoms in total. The van der Waals surface area contributed by atoms with Gasteiger partial charge in [-0.05, 0) is 6.07 Å². The first-order valence-corrected chi connectivity index (χ1v) is 11.9. The number of hydrogen-bond donors (Lipinski definition) is 2. The van der Waals surface area contributed by atoms with E-state index in [4.69, 9.17) is 29.3 Å². The van der Waals surface area contributed by atoms with E-state index < -0.39 is 24.3 Å². The highest BCUT2D eigenvalue weighted by Crippen LogP contribution is 2.27. The van der Waals surface area contributed by atoms with Crippen molar-refractivity contribution in [1.29, 1.82) is 0 Å². The Bertz CT molecular complexity index is 1090. The van der Waals surface area contributed by atoms with Crippen molar-refractivity contribution in [1.82, 2.24) is 19.4 Å². The molecule has 0 bridgehead atoms. The van der Waals surface area contributed by atoms with Crippen LogP contribution in [0.3, 0.4) is 0 Å². The van der Waals surface area contributed by atoms with Gasteiger partial charge in [-0.1, -0.05) is 18.2 Å². The van der Waals surface area contributed by atoms with E-state index in [-0.39, 0.29) is 0 Å². The minimum Gasteiger partial charge on any atom is -0.496 e. The molecule has 1 unspecified atom stereocenters. The Hall–Kier alpha value is -3.37. The van der Waals surface area contributed by atoms with Gasteiger partial charge in [0.1, 0.15) is 5.75 Å². The summed E-state index contributed by atoms with van der Waals surface area (Å²) in [4.78, 5) is 27.5. The summed E-state index contributed by atoms with van der Waals surface area (Å²) in [5.41, 5.74) is 3.82. The number of aryl methyl sites for hydroxylation is 1. The standard InChI is InChI=1S/C20H28N4O2.2C2HF3O2/c1-22-15-21-18-14-24(12-16-5-3-4-6-20(16)25-2)17(11-19(18)22)13-23-7-9-26-10-8-23;2*3-2(4,5)1(6)7/h3-6,15,17H,7-14H2,1-2H3;2*(H,6,7). The number of ether oxygens (including phenoxy) is 2. The van der Waals surface area contributed by atoms with Crippen LogP contribution in [-0.2, 0) is 40.9 Å². The van der Waals surface area contributed by atoms with Gasteiger partial charge in [-0.25, -0.2) is 14.6 Å². The first kappa shape index (κ1) is 32.8. The molecular weight excluding hydrogens is 554 g/mol. The molecule has 0 amide bonds. The zero-order valence-corrected chi connectivity index (χ0v) is 21.7. The molecule has 2 aromatic rings. The summed E-state index contributed by atoms with van der Waals surface area (Å²) >= 11 is 0. The second-order valence-corrected chi connectivity index (χ2v) is 8.84. The molecule has 224 valence electrons. The van der Waals surface area contributed by atoms with E-state index in [0.29, 0.717) is 6.04 Å². The van der Waals surface area contributed by atoms with Crippen molar-refractivity contribution >= 4 is 11.9 Å². The monoisotopic (exact) mass is 584 g/mol. The summed E-state index contributed by atoms with van der Waals surface area (Å²) < 4.78 is 76.7. The Morgan fingerprint density at radius 3 is 2.12 bits per heavy atom. The van der Waals surface area contributed by atoms with Crippen molar-refractivity contribution in [2.45, 2.75) is 37.9 Å². The van der Waals surface area contributed by atoms with Gasteiger partial charge < -0.3 is 24.3 Å². The normalized spacial score (nSPS) is 17.9. The second-order valence-electron chi connectivity index (χ2n) is 8.84. The van der Waals surface area contributed by atoms with E-state index >= 15 is 0 Å². The van der Waals surface area contributed by atoms with Gasteiger partial charge in [0, 0.05) is 63.5 Å². The smallest absolute Gasteiger partial charge is 0.490 e. The molecule has 1 saturated heterocycles. The zero-order valence-electron chi connectivity index (χ0n) is 21.7. The Balaban J connectivity index is 0.000000333. The summed E-state index contributed by atoms with van der Waals surface area (Å²) in [6.45, 7) is 6.59. The van der Waals surface area contributed by atoms with Crippen molar-refractivity contribution in [2.75, 3.05) is 40.0 Å². The summed E-state index contributed by atoms with van der Waals surface area (Å²) in [7, 11) is 3.85. The number of aromatic nitrogens is 2. The fourth-order valence-electron chi connectivity index (χ4n) is 4.07. The van der Waals surface area contributed by atoms with E-state index in [1.54, 1.807) is 7.11 Å². The van der Waals surface area contributed by atoms with Gasteiger partial charge in [-0.15, -0.1) is 0 Å². The Labute approximate surface area is 225 Å². The minimum atomic E-state index is -5.08. The molecule has 2 aliphatic heterocycles. The number of alkyl halides is 6. The predicted molar refractivity (Wildman–Crippen MR) is 128 cm³/mol. The number of aliphatic carboxylic acids is 2. The second kappa shape index (κ2) is 14.3. The number of carboxylic acid groups (broad SMARTS) is 2. The van der Waals surface area contributed by atoms with Crippen LogP contribution in [0.2, 0.25) is 0 Å². The third kappa shape index (κ3) is 9.98. The summed E-state index contributed by atoms with van der Waals surface area (Å²) in [6, 6.07) is 8.80. The van der Waals surface area contributed by atoms with Crippen molar-refractivity contribution in [3.05, 3.63) is 47.5 Å². The molecular formula is C24H30F6N4O6. The number of fused-ring (bicyclic) bond motifs is 1. The number of morpholine rings is 1. The lowest BCUT2D eigenvalue weighted by atomic mass is 10.00. The Morgan fingerprint density at radius 2 is 1.60 bits per heavy atom. The zero-order chi connectivity index (χ0) is 30.1. The summed E-state index contributed by atoms with van der Waals surface area (Å²) in [5.74, 6) is -4.55. The maximum atomic E-state index is 10.6. The number of carbonyl (C=O) groups is 2. The molecule has 40 heavy (non-hydrogen) atoms. The lowest BCUT2D eigenvalue weighted by Gasteiger charge is -2.39. The number of carboxylic acids is 2. The molecule has 0 saturated carbocycles. The Kier molecular flexibility index (Phi) is 11.8. The average Bonchev–Trinajstić information content (AvgIpc) is 3.24. The first-order valence-electron chi connectivity index (χ1n) is 11.9. The molecule has 0 spiro atoms. The molecule has 1 atom stereocenters. The van der Waals surface area contributed by atoms with Crippen LogP contribution in [0.25, 0.3) is 0 Å². The van der Waals surface area contributed by atoms with Crippen LogP contribution in [0.4, 0.5) is 26.3 Å². The van der Waals surface area contributed by atoms with Crippen LogP contribution in [0.15, 0.2) is 30.6 Å². The molecule has 4 rings (SSSR count). The van der Waals surface area contributed by atoms with E-state index in [1.807, 2.05) is 18.5 Å². The average molecular weight is 585 g/mol. The number of imidazole rings is 1. The van der Waals surface area contributed by atoms with Crippen molar-refractivity contribution < 1.29 is 55.6 Å². The van der Waals surface area contributed by atoms with Crippen LogP contribution in [0, 0.1) is 0 Å². The lowest BCUT2D eigenvalue weighted by molar-refractivity contribution is -0.193. The van der Waals surface area contributed by atoms with Crippen LogP contribution < -0.4 is 4.74 Å². The highest BCUT2D eigenvalue weighted by atomic mass is 19.4. The number of para-hydroxylation sites is 1. The number of halogens is 6. The molecule has 0 radical (unpaired) electrons. The number of rotatable bonds is 5. The summed E-state index contributed by atoms with van der Waals surface area (Å²) in [6.07, 6.45) is -7.18. The van der Waals surface area contributed by atoms with Crippen molar-refractivity contribution in [2.24, 2.45) is 7.05 Å². The number of methoxy groups -OCH3 is 1. The number of hydrogen-bond acceptors (Lipinski definition) is 7. The highest BCUT2D eigenvalue weighted by Gasteiger charge is 2.39. The molecule has 3 heterocycles. The van der Waals surface area contributed by atoms with Crippen LogP contribution in [0.5, 0.6) is 5.75 Å². The van der Waals surface area contributed by atoms with Crippen LogP contribution in [0.1, 0.15) is 17.0 Å². The van der Waals surface area contributed by atoms with Gasteiger partial charge in [0.15, 0.2) is 0 Å². The highest BCUT2D eigenvalue weighted by molar-refractivity contribution is 5.73. The van der Waals surface area contributed by atoms with Crippen molar-refractivity contribution in [3.63, 3.8) is 0 Å².